The first kappa shape index (κ1) is 15.4. The van der Waals surface area contributed by atoms with E-state index in [0.29, 0.717) is 0 Å². The molecule has 1 aromatic heterocycles. The standard InChI is InChI=1S/C10H9ClF3NO4/c1-18-7-2-5(3-8(16)17)6(4-11)15-9(7)19-10(12,13)14/h2H,3-4H2,1H3,(H,16,17). The molecule has 0 radical (unpaired) electrons. The molecule has 0 saturated carbocycles. The van der Waals surface area contributed by atoms with Crippen molar-refractivity contribution >= 4 is 17.6 Å². The van der Waals surface area contributed by atoms with E-state index in [1.807, 2.05) is 0 Å². The summed E-state index contributed by atoms with van der Waals surface area (Å²) in [6, 6.07) is 1.11. The molecule has 9 heteroatoms. The fourth-order valence-corrected chi connectivity index (χ4v) is 1.54. The van der Waals surface area contributed by atoms with Crippen molar-refractivity contribution in [1.29, 1.82) is 0 Å². The maximum atomic E-state index is 12.2. The van der Waals surface area contributed by atoms with Crippen LogP contribution in [0.5, 0.6) is 11.6 Å². The van der Waals surface area contributed by atoms with Crippen molar-refractivity contribution in [3.8, 4) is 11.6 Å². The van der Waals surface area contributed by atoms with Crippen LogP contribution in [0.15, 0.2) is 6.07 Å². The summed E-state index contributed by atoms with van der Waals surface area (Å²) in [6.45, 7) is 0. The Morgan fingerprint density at radius 2 is 2.16 bits per heavy atom. The topological polar surface area (TPSA) is 68.7 Å². The molecule has 0 bridgehead atoms. The molecule has 0 saturated heterocycles. The smallest absolute Gasteiger partial charge is 0.491 e. The molecular weight excluding hydrogens is 291 g/mol. The molecule has 106 valence electrons. The average Bonchev–Trinajstić information content (AvgIpc) is 2.27. The fourth-order valence-electron chi connectivity index (χ4n) is 1.31. The average molecular weight is 300 g/mol. The number of carboxylic acid groups (broad SMARTS) is 1. The van der Waals surface area contributed by atoms with Gasteiger partial charge < -0.3 is 14.6 Å². The SMILES string of the molecule is COc1cc(CC(=O)O)c(CCl)nc1OC(F)(F)F. The molecule has 0 amide bonds. The van der Waals surface area contributed by atoms with Gasteiger partial charge in [0.1, 0.15) is 0 Å². The van der Waals surface area contributed by atoms with Crippen LogP contribution >= 0.6 is 11.6 Å². The van der Waals surface area contributed by atoms with Gasteiger partial charge in [-0.25, -0.2) is 4.98 Å². The first-order valence-electron chi connectivity index (χ1n) is 4.87. The van der Waals surface area contributed by atoms with E-state index in [4.69, 9.17) is 16.7 Å². The number of carbonyl (C=O) groups is 1. The predicted octanol–water partition coefficient (Wildman–Crippen LogP) is 2.35. The van der Waals surface area contributed by atoms with Gasteiger partial charge in [-0.2, -0.15) is 0 Å². The zero-order chi connectivity index (χ0) is 14.6. The van der Waals surface area contributed by atoms with E-state index in [2.05, 4.69) is 14.5 Å². The summed E-state index contributed by atoms with van der Waals surface area (Å²) in [5.74, 6) is -2.54. The lowest BCUT2D eigenvalue weighted by atomic mass is 10.1. The molecule has 1 aromatic rings. The third-order valence-electron chi connectivity index (χ3n) is 2.02. The van der Waals surface area contributed by atoms with Gasteiger partial charge in [-0.15, -0.1) is 24.8 Å². The Morgan fingerprint density at radius 3 is 2.58 bits per heavy atom. The highest BCUT2D eigenvalue weighted by molar-refractivity contribution is 6.17. The highest BCUT2D eigenvalue weighted by Gasteiger charge is 2.34. The predicted molar refractivity (Wildman–Crippen MR) is 58.4 cm³/mol. The van der Waals surface area contributed by atoms with Crippen LogP contribution in [0.25, 0.3) is 0 Å². The number of nitrogens with zero attached hydrogens (tertiary/aromatic N) is 1. The quantitative estimate of drug-likeness (QED) is 0.845. The second kappa shape index (κ2) is 5.96. The lowest BCUT2D eigenvalue weighted by Gasteiger charge is -2.14. The largest absolute Gasteiger partial charge is 0.574 e. The summed E-state index contributed by atoms with van der Waals surface area (Å²) in [7, 11) is 1.12. The molecule has 0 aliphatic rings. The monoisotopic (exact) mass is 299 g/mol. The molecule has 5 nitrogen and oxygen atoms in total. The molecule has 0 atom stereocenters. The van der Waals surface area contributed by atoms with Gasteiger partial charge in [0.15, 0.2) is 5.75 Å². The number of methoxy groups -OCH3 is 1. The van der Waals surface area contributed by atoms with E-state index in [-0.39, 0.29) is 22.9 Å². The number of aromatic nitrogens is 1. The number of hydrogen-bond acceptors (Lipinski definition) is 4. The molecule has 0 aliphatic heterocycles. The Labute approximate surface area is 110 Å². The van der Waals surface area contributed by atoms with Gasteiger partial charge in [0.2, 0.25) is 0 Å². The number of pyridine rings is 1. The van der Waals surface area contributed by atoms with Gasteiger partial charge in [0.25, 0.3) is 5.88 Å². The zero-order valence-electron chi connectivity index (χ0n) is 9.62. The van der Waals surface area contributed by atoms with Gasteiger partial charge in [0, 0.05) is 0 Å². The molecule has 1 heterocycles. The Kier molecular flexibility index (Phi) is 4.82. The lowest BCUT2D eigenvalue weighted by Crippen LogP contribution is -2.19. The highest BCUT2D eigenvalue weighted by Crippen LogP contribution is 2.32. The van der Waals surface area contributed by atoms with Crippen molar-refractivity contribution < 1.29 is 32.5 Å². The second-order valence-electron chi connectivity index (χ2n) is 3.35. The third-order valence-corrected chi connectivity index (χ3v) is 2.28. The van der Waals surface area contributed by atoms with Gasteiger partial charge in [-0.05, 0) is 11.6 Å². The minimum absolute atomic E-state index is 0.0101. The normalized spacial score (nSPS) is 11.2. The summed E-state index contributed by atoms with van der Waals surface area (Å²) < 4.78 is 44.9. The first-order chi connectivity index (χ1) is 8.76. The number of hydrogen-bond donors (Lipinski definition) is 1. The van der Waals surface area contributed by atoms with Gasteiger partial charge in [0.05, 0.1) is 25.1 Å². The van der Waals surface area contributed by atoms with E-state index >= 15 is 0 Å². The van der Waals surface area contributed by atoms with Crippen molar-refractivity contribution in [3.05, 3.63) is 17.3 Å². The summed E-state index contributed by atoms with van der Waals surface area (Å²) in [5.41, 5.74) is 0.151. The fraction of sp³-hybridized carbons (Fsp3) is 0.400. The van der Waals surface area contributed by atoms with Crippen molar-refractivity contribution in [2.45, 2.75) is 18.7 Å². The van der Waals surface area contributed by atoms with Crippen LogP contribution in [0, 0.1) is 0 Å². The van der Waals surface area contributed by atoms with E-state index in [1.165, 1.54) is 0 Å². The van der Waals surface area contributed by atoms with Crippen LogP contribution in [0.4, 0.5) is 13.2 Å². The minimum atomic E-state index is -4.93. The van der Waals surface area contributed by atoms with Gasteiger partial charge in [-0.1, -0.05) is 0 Å². The summed E-state index contributed by atoms with van der Waals surface area (Å²) in [5, 5.41) is 8.68. The van der Waals surface area contributed by atoms with Crippen molar-refractivity contribution in [2.75, 3.05) is 7.11 Å². The lowest BCUT2D eigenvalue weighted by molar-refractivity contribution is -0.276. The first-order valence-corrected chi connectivity index (χ1v) is 5.40. The molecule has 0 aromatic carbocycles. The molecule has 0 unspecified atom stereocenters. The van der Waals surface area contributed by atoms with Crippen LogP contribution in [0.1, 0.15) is 11.3 Å². The summed E-state index contributed by atoms with van der Waals surface area (Å²) in [6.07, 6.45) is -5.37. The molecule has 1 rings (SSSR count). The zero-order valence-corrected chi connectivity index (χ0v) is 10.4. The Bertz CT molecular complexity index is 479. The number of rotatable bonds is 5. The third kappa shape index (κ3) is 4.47. The maximum Gasteiger partial charge on any atom is 0.574 e. The van der Waals surface area contributed by atoms with E-state index in [1.54, 1.807) is 0 Å². The number of ether oxygens (including phenoxy) is 2. The van der Waals surface area contributed by atoms with Crippen LogP contribution in [-0.4, -0.2) is 29.5 Å². The molecule has 0 aliphatic carbocycles. The summed E-state index contributed by atoms with van der Waals surface area (Å²) in [4.78, 5) is 14.2. The van der Waals surface area contributed by atoms with Crippen LogP contribution in [0.2, 0.25) is 0 Å². The van der Waals surface area contributed by atoms with Gasteiger partial charge in [-0.3, -0.25) is 4.79 Å². The number of alkyl halides is 4. The Morgan fingerprint density at radius 1 is 1.53 bits per heavy atom. The van der Waals surface area contributed by atoms with E-state index < -0.39 is 24.6 Å². The Hall–Kier alpha value is -1.70. The molecule has 0 spiro atoms. The molecule has 19 heavy (non-hydrogen) atoms. The molecule has 0 fully saturated rings. The van der Waals surface area contributed by atoms with Crippen LogP contribution in [-0.2, 0) is 17.1 Å². The molecule has 1 N–H and O–H groups in total. The molecular formula is C10H9ClF3NO4. The number of aliphatic carboxylic acids is 1. The highest BCUT2D eigenvalue weighted by atomic mass is 35.5. The number of halogens is 4. The van der Waals surface area contributed by atoms with Crippen molar-refractivity contribution in [1.82, 2.24) is 4.98 Å². The van der Waals surface area contributed by atoms with Gasteiger partial charge >= 0.3 is 12.3 Å². The van der Waals surface area contributed by atoms with E-state index in [9.17, 15) is 18.0 Å². The number of carboxylic acids is 1. The Balaban J connectivity index is 3.22. The van der Waals surface area contributed by atoms with Crippen LogP contribution in [0.3, 0.4) is 0 Å². The minimum Gasteiger partial charge on any atom is -0.491 e. The van der Waals surface area contributed by atoms with Crippen molar-refractivity contribution in [2.24, 2.45) is 0 Å². The maximum absolute atomic E-state index is 12.2. The van der Waals surface area contributed by atoms with Crippen LogP contribution < -0.4 is 9.47 Å². The van der Waals surface area contributed by atoms with E-state index in [0.717, 1.165) is 13.2 Å². The second-order valence-corrected chi connectivity index (χ2v) is 3.62. The summed E-state index contributed by atoms with van der Waals surface area (Å²) >= 11 is 5.52. The van der Waals surface area contributed by atoms with Crippen molar-refractivity contribution in [3.63, 3.8) is 0 Å².